The Bertz CT molecular complexity index is 587. The predicted octanol–water partition coefficient (Wildman–Crippen LogP) is 3.41. The van der Waals surface area contributed by atoms with Gasteiger partial charge in [-0.2, -0.15) is 0 Å². The zero-order valence-corrected chi connectivity index (χ0v) is 10.4. The molecular formula is C17H14O2. The van der Waals surface area contributed by atoms with E-state index in [2.05, 4.69) is 0 Å². The van der Waals surface area contributed by atoms with Gasteiger partial charge < -0.3 is 4.74 Å². The summed E-state index contributed by atoms with van der Waals surface area (Å²) < 4.78 is 5.45. The first-order chi connectivity index (χ1) is 9.34. The summed E-state index contributed by atoms with van der Waals surface area (Å²) in [5, 5.41) is 0. The van der Waals surface area contributed by atoms with Crippen LogP contribution in [0.5, 0.6) is 0 Å². The summed E-state index contributed by atoms with van der Waals surface area (Å²) in [7, 11) is 0. The first-order valence-electron chi connectivity index (χ1n) is 6.32. The zero-order chi connectivity index (χ0) is 13.1. The van der Waals surface area contributed by atoms with E-state index in [1.165, 1.54) is 0 Å². The number of hydrogen-bond donors (Lipinski definition) is 0. The second kappa shape index (κ2) is 5.21. The van der Waals surface area contributed by atoms with E-state index in [1.54, 1.807) is 6.08 Å². The fourth-order valence-corrected chi connectivity index (χ4v) is 2.06. The fraction of sp³-hybridized carbons (Fsp3) is 0.118. The first-order valence-corrected chi connectivity index (χ1v) is 6.32. The monoisotopic (exact) mass is 250 g/mol. The van der Waals surface area contributed by atoms with Gasteiger partial charge in [-0.05, 0) is 17.2 Å². The minimum absolute atomic E-state index is 0.0257. The standard InChI is InChI=1S/C17H14O2/c18-15(12-11-13-7-3-1-4-8-13)17-16(19-17)14-9-5-2-6-10-14/h1-12,16-17H/b12-11+/t16-,17-/m1/s1. The van der Waals surface area contributed by atoms with Crippen LogP contribution in [-0.2, 0) is 9.53 Å². The van der Waals surface area contributed by atoms with Gasteiger partial charge in [-0.25, -0.2) is 0 Å². The summed E-state index contributed by atoms with van der Waals surface area (Å²) in [5.41, 5.74) is 2.08. The predicted molar refractivity (Wildman–Crippen MR) is 74.5 cm³/mol. The molecule has 0 spiro atoms. The molecule has 1 aliphatic rings. The molecule has 0 bridgehead atoms. The molecule has 0 radical (unpaired) electrons. The highest BCUT2D eigenvalue weighted by Gasteiger charge is 2.44. The van der Waals surface area contributed by atoms with Crippen molar-refractivity contribution in [3.8, 4) is 0 Å². The lowest BCUT2D eigenvalue weighted by atomic mass is 10.1. The van der Waals surface area contributed by atoms with Crippen LogP contribution in [0.4, 0.5) is 0 Å². The maximum Gasteiger partial charge on any atom is 0.187 e. The van der Waals surface area contributed by atoms with Crippen molar-refractivity contribution < 1.29 is 9.53 Å². The van der Waals surface area contributed by atoms with Gasteiger partial charge in [0.1, 0.15) is 6.10 Å². The topological polar surface area (TPSA) is 29.6 Å². The second-order valence-electron chi connectivity index (χ2n) is 4.53. The maximum atomic E-state index is 12.0. The molecule has 0 saturated carbocycles. The Hall–Kier alpha value is -2.19. The third kappa shape index (κ3) is 2.80. The number of rotatable bonds is 4. The molecule has 0 amide bonds. The minimum atomic E-state index is -0.317. The Kier molecular flexibility index (Phi) is 3.25. The third-order valence-electron chi connectivity index (χ3n) is 3.14. The molecule has 0 N–H and O–H groups in total. The van der Waals surface area contributed by atoms with Crippen LogP contribution >= 0.6 is 0 Å². The van der Waals surface area contributed by atoms with Gasteiger partial charge in [-0.3, -0.25) is 4.79 Å². The van der Waals surface area contributed by atoms with Crippen molar-refractivity contribution >= 4 is 11.9 Å². The molecule has 0 aromatic heterocycles. The van der Waals surface area contributed by atoms with E-state index in [0.717, 1.165) is 11.1 Å². The van der Waals surface area contributed by atoms with E-state index in [9.17, 15) is 4.79 Å². The normalized spacial score (nSPS) is 21.5. The molecule has 1 aliphatic heterocycles. The van der Waals surface area contributed by atoms with E-state index >= 15 is 0 Å². The van der Waals surface area contributed by atoms with E-state index in [1.807, 2.05) is 66.7 Å². The second-order valence-corrected chi connectivity index (χ2v) is 4.53. The van der Waals surface area contributed by atoms with Gasteiger partial charge in [0, 0.05) is 0 Å². The molecule has 2 nitrogen and oxygen atoms in total. The number of ketones is 1. The lowest BCUT2D eigenvalue weighted by molar-refractivity contribution is -0.115. The van der Waals surface area contributed by atoms with E-state index < -0.39 is 0 Å². The number of benzene rings is 2. The number of carbonyl (C=O) groups is 1. The van der Waals surface area contributed by atoms with Crippen molar-refractivity contribution in [2.45, 2.75) is 12.2 Å². The molecule has 94 valence electrons. The molecule has 2 atom stereocenters. The van der Waals surface area contributed by atoms with Gasteiger partial charge in [0.15, 0.2) is 11.9 Å². The van der Waals surface area contributed by atoms with Gasteiger partial charge >= 0.3 is 0 Å². The summed E-state index contributed by atoms with van der Waals surface area (Å²) in [6, 6.07) is 19.6. The van der Waals surface area contributed by atoms with E-state index in [0.29, 0.717) is 0 Å². The summed E-state index contributed by atoms with van der Waals surface area (Å²) in [4.78, 5) is 12.0. The van der Waals surface area contributed by atoms with Crippen molar-refractivity contribution in [1.29, 1.82) is 0 Å². The van der Waals surface area contributed by atoms with Crippen LogP contribution in [0.2, 0.25) is 0 Å². The molecule has 2 aromatic carbocycles. The molecule has 19 heavy (non-hydrogen) atoms. The molecule has 0 unspecified atom stereocenters. The molecular weight excluding hydrogens is 236 g/mol. The van der Waals surface area contributed by atoms with Crippen molar-refractivity contribution in [2.24, 2.45) is 0 Å². The first kappa shape index (κ1) is 11.9. The highest BCUT2D eigenvalue weighted by molar-refractivity contribution is 5.99. The van der Waals surface area contributed by atoms with Crippen molar-refractivity contribution in [3.05, 3.63) is 77.9 Å². The molecule has 2 aromatic rings. The Balaban J connectivity index is 1.63. The van der Waals surface area contributed by atoms with Crippen molar-refractivity contribution in [3.63, 3.8) is 0 Å². The molecule has 1 heterocycles. The minimum Gasteiger partial charge on any atom is -0.356 e. The summed E-state index contributed by atoms with van der Waals surface area (Å²) in [6.45, 7) is 0. The lowest BCUT2D eigenvalue weighted by Crippen LogP contribution is -2.03. The lowest BCUT2D eigenvalue weighted by Gasteiger charge is -1.93. The van der Waals surface area contributed by atoms with Gasteiger partial charge in [-0.1, -0.05) is 66.7 Å². The van der Waals surface area contributed by atoms with Crippen LogP contribution < -0.4 is 0 Å². The average molecular weight is 250 g/mol. The highest BCUT2D eigenvalue weighted by Crippen LogP contribution is 2.39. The van der Waals surface area contributed by atoms with Gasteiger partial charge in [0.2, 0.25) is 0 Å². The number of hydrogen-bond acceptors (Lipinski definition) is 2. The van der Waals surface area contributed by atoms with Gasteiger partial charge in [0.05, 0.1) is 0 Å². The van der Waals surface area contributed by atoms with Crippen molar-refractivity contribution in [1.82, 2.24) is 0 Å². The summed E-state index contributed by atoms with van der Waals surface area (Å²) >= 11 is 0. The quantitative estimate of drug-likeness (QED) is 0.614. The summed E-state index contributed by atoms with van der Waals surface area (Å²) in [5.74, 6) is 0.0257. The number of epoxide rings is 1. The maximum absolute atomic E-state index is 12.0. The average Bonchev–Trinajstić information content (AvgIpc) is 3.27. The fourth-order valence-electron chi connectivity index (χ4n) is 2.06. The summed E-state index contributed by atoms with van der Waals surface area (Å²) in [6.07, 6.45) is 3.03. The smallest absolute Gasteiger partial charge is 0.187 e. The van der Waals surface area contributed by atoms with Crippen molar-refractivity contribution in [2.75, 3.05) is 0 Å². The van der Waals surface area contributed by atoms with Gasteiger partial charge in [0.25, 0.3) is 0 Å². The van der Waals surface area contributed by atoms with Gasteiger partial charge in [-0.15, -0.1) is 0 Å². The molecule has 1 fully saturated rings. The number of ether oxygens (including phenoxy) is 1. The Labute approximate surface area is 112 Å². The van der Waals surface area contributed by atoms with Crippen LogP contribution in [0.3, 0.4) is 0 Å². The third-order valence-corrected chi connectivity index (χ3v) is 3.14. The Morgan fingerprint density at radius 3 is 2.26 bits per heavy atom. The van der Waals surface area contributed by atoms with Crippen LogP contribution in [0.15, 0.2) is 66.7 Å². The molecule has 0 aliphatic carbocycles. The van der Waals surface area contributed by atoms with Crippen LogP contribution in [-0.4, -0.2) is 11.9 Å². The number of carbonyl (C=O) groups excluding carboxylic acids is 1. The molecule has 1 saturated heterocycles. The van der Waals surface area contributed by atoms with E-state index in [4.69, 9.17) is 4.74 Å². The molecule has 3 rings (SSSR count). The van der Waals surface area contributed by atoms with Crippen LogP contribution in [0.1, 0.15) is 17.2 Å². The SMILES string of the molecule is O=C(/C=C/c1ccccc1)[C@H]1O[C@@H]1c1ccccc1. The van der Waals surface area contributed by atoms with Crippen LogP contribution in [0, 0.1) is 0 Å². The largest absolute Gasteiger partial charge is 0.356 e. The molecule has 2 heteroatoms. The Morgan fingerprint density at radius 2 is 1.58 bits per heavy atom. The highest BCUT2D eigenvalue weighted by atomic mass is 16.6. The van der Waals surface area contributed by atoms with E-state index in [-0.39, 0.29) is 18.0 Å². The Morgan fingerprint density at radius 1 is 0.947 bits per heavy atom. The van der Waals surface area contributed by atoms with Crippen LogP contribution in [0.25, 0.3) is 6.08 Å². The zero-order valence-electron chi connectivity index (χ0n) is 10.4.